The lowest BCUT2D eigenvalue weighted by molar-refractivity contribution is 0.533. The highest BCUT2D eigenvalue weighted by molar-refractivity contribution is 5.46. The van der Waals surface area contributed by atoms with Crippen molar-refractivity contribution in [2.75, 3.05) is 31.1 Å². The zero-order valence-electron chi connectivity index (χ0n) is 10.7. The molecular weight excluding hydrogens is 210 g/mol. The molecule has 0 spiro atoms. The summed E-state index contributed by atoms with van der Waals surface area (Å²) in [6.45, 7) is 9.15. The summed E-state index contributed by atoms with van der Waals surface area (Å²) in [6.07, 6.45) is 2.05. The topological polar surface area (TPSA) is 28.2 Å². The van der Waals surface area contributed by atoms with E-state index < -0.39 is 0 Å². The van der Waals surface area contributed by atoms with E-state index in [2.05, 4.69) is 41.2 Å². The van der Waals surface area contributed by atoms with Gasteiger partial charge in [-0.3, -0.25) is 4.98 Å². The Balaban J connectivity index is 1.73. The van der Waals surface area contributed by atoms with Crippen molar-refractivity contribution in [2.45, 2.75) is 19.8 Å². The Kier molecular flexibility index (Phi) is 2.79. The molecule has 2 fully saturated rings. The van der Waals surface area contributed by atoms with E-state index in [1.54, 1.807) is 0 Å². The second kappa shape index (κ2) is 4.30. The minimum Gasteiger partial charge on any atom is -0.370 e. The molecule has 0 aromatic carbocycles. The Bertz CT molecular complexity index is 373. The standard InChI is InChI=1S/C14H21N3/c1-10(2)14-4-3-13(7-16-14)17-8-11-5-15-6-12(11)9-17/h3-4,7,10-12,15H,5-6,8-9H2,1-2H3/t11-,12+. The summed E-state index contributed by atoms with van der Waals surface area (Å²) >= 11 is 0. The molecule has 2 saturated heterocycles. The monoisotopic (exact) mass is 231 g/mol. The summed E-state index contributed by atoms with van der Waals surface area (Å²) in [5.41, 5.74) is 2.48. The molecule has 0 bridgehead atoms. The third-order valence-electron chi connectivity index (χ3n) is 4.12. The SMILES string of the molecule is CC(C)c1ccc(N2C[C@H]3CNC[C@H]3C2)cn1. The summed E-state index contributed by atoms with van der Waals surface area (Å²) in [5, 5.41) is 3.48. The van der Waals surface area contributed by atoms with Gasteiger partial charge in [0.25, 0.3) is 0 Å². The predicted molar refractivity (Wildman–Crippen MR) is 70.4 cm³/mol. The number of hydrogen-bond acceptors (Lipinski definition) is 3. The number of hydrogen-bond donors (Lipinski definition) is 1. The lowest BCUT2D eigenvalue weighted by Gasteiger charge is -2.19. The summed E-state index contributed by atoms with van der Waals surface area (Å²) in [6, 6.07) is 4.41. The smallest absolute Gasteiger partial charge is 0.0553 e. The van der Waals surface area contributed by atoms with Gasteiger partial charge in [0.2, 0.25) is 0 Å². The van der Waals surface area contributed by atoms with E-state index in [4.69, 9.17) is 0 Å². The minimum absolute atomic E-state index is 0.520. The van der Waals surface area contributed by atoms with Crippen LogP contribution in [0.25, 0.3) is 0 Å². The quantitative estimate of drug-likeness (QED) is 0.842. The van der Waals surface area contributed by atoms with Gasteiger partial charge in [-0.15, -0.1) is 0 Å². The van der Waals surface area contributed by atoms with Crippen LogP contribution in [0, 0.1) is 11.8 Å². The van der Waals surface area contributed by atoms with Crippen LogP contribution in [0.2, 0.25) is 0 Å². The Labute approximate surface area is 103 Å². The summed E-state index contributed by atoms with van der Waals surface area (Å²) in [5.74, 6) is 2.21. The van der Waals surface area contributed by atoms with Gasteiger partial charge in [0.15, 0.2) is 0 Å². The zero-order valence-corrected chi connectivity index (χ0v) is 10.7. The van der Waals surface area contributed by atoms with Gasteiger partial charge in [-0.2, -0.15) is 0 Å². The van der Waals surface area contributed by atoms with E-state index in [0.717, 1.165) is 11.8 Å². The highest BCUT2D eigenvalue weighted by Crippen LogP contribution is 2.30. The number of aromatic nitrogens is 1. The van der Waals surface area contributed by atoms with Gasteiger partial charge in [-0.1, -0.05) is 13.8 Å². The molecule has 1 N–H and O–H groups in total. The molecule has 17 heavy (non-hydrogen) atoms. The first-order valence-electron chi connectivity index (χ1n) is 6.65. The molecule has 0 amide bonds. The molecular formula is C14H21N3. The number of pyridine rings is 1. The lowest BCUT2D eigenvalue weighted by Crippen LogP contribution is -2.25. The molecule has 3 nitrogen and oxygen atoms in total. The molecule has 2 aliphatic rings. The summed E-state index contributed by atoms with van der Waals surface area (Å²) in [7, 11) is 0. The van der Waals surface area contributed by atoms with Crippen LogP contribution in [0.15, 0.2) is 18.3 Å². The van der Waals surface area contributed by atoms with Crippen LogP contribution in [0.3, 0.4) is 0 Å². The molecule has 0 saturated carbocycles. The van der Waals surface area contributed by atoms with Gasteiger partial charge in [0.1, 0.15) is 0 Å². The van der Waals surface area contributed by atoms with E-state index in [1.807, 2.05) is 6.20 Å². The fourth-order valence-corrected chi connectivity index (χ4v) is 2.99. The van der Waals surface area contributed by atoms with Gasteiger partial charge in [0, 0.05) is 31.9 Å². The van der Waals surface area contributed by atoms with Crippen molar-refractivity contribution in [2.24, 2.45) is 11.8 Å². The summed E-state index contributed by atoms with van der Waals surface area (Å²) in [4.78, 5) is 7.05. The van der Waals surface area contributed by atoms with Crippen molar-refractivity contribution in [1.82, 2.24) is 10.3 Å². The maximum absolute atomic E-state index is 4.56. The van der Waals surface area contributed by atoms with E-state index in [9.17, 15) is 0 Å². The predicted octanol–water partition coefficient (Wildman–Crippen LogP) is 1.86. The van der Waals surface area contributed by atoms with E-state index in [-0.39, 0.29) is 0 Å². The van der Waals surface area contributed by atoms with Crippen molar-refractivity contribution in [1.29, 1.82) is 0 Å². The number of nitrogens with one attached hydrogen (secondary N) is 1. The molecule has 0 aliphatic carbocycles. The summed E-state index contributed by atoms with van der Waals surface area (Å²) < 4.78 is 0. The average Bonchev–Trinajstić information content (AvgIpc) is 2.89. The molecule has 3 heteroatoms. The van der Waals surface area contributed by atoms with Gasteiger partial charge in [-0.05, 0) is 29.9 Å². The van der Waals surface area contributed by atoms with E-state index in [1.165, 1.54) is 37.6 Å². The molecule has 3 rings (SSSR count). The minimum atomic E-state index is 0.520. The number of nitrogens with zero attached hydrogens (tertiary/aromatic N) is 2. The Hall–Kier alpha value is -1.09. The highest BCUT2D eigenvalue weighted by Gasteiger charge is 2.36. The highest BCUT2D eigenvalue weighted by atomic mass is 15.2. The van der Waals surface area contributed by atoms with E-state index in [0.29, 0.717) is 5.92 Å². The molecule has 1 aromatic rings. The van der Waals surface area contributed by atoms with Crippen LogP contribution in [0.1, 0.15) is 25.5 Å². The van der Waals surface area contributed by atoms with Gasteiger partial charge >= 0.3 is 0 Å². The molecule has 0 unspecified atom stereocenters. The van der Waals surface area contributed by atoms with Crippen molar-refractivity contribution < 1.29 is 0 Å². The van der Waals surface area contributed by atoms with Gasteiger partial charge in [0.05, 0.1) is 11.9 Å². The fourth-order valence-electron chi connectivity index (χ4n) is 2.99. The maximum Gasteiger partial charge on any atom is 0.0553 e. The first-order valence-corrected chi connectivity index (χ1v) is 6.65. The van der Waals surface area contributed by atoms with Gasteiger partial charge < -0.3 is 10.2 Å². The van der Waals surface area contributed by atoms with Crippen LogP contribution in [0.5, 0.6) is 0 Å². The third-order valence-corrected chi connectivity index (χ3v) is 4.12. The molecule has 3 heterocycles. The molecule has 0 radical (unpaired) electrons. The van der Waals surface area contributed by atoms with Crippen molar-refractivity contribution >= 4 is 5.69 Å². The Morgan fingerprint density at radius 3 is 2.47 bits per heavy atom. The first-order chi connectivity index (χ1) is 8.24. The van der Waals surface area contributed by atoms with Crippen molar-refractivity contribution in [3.63, 3.8) is 0 Å². The number of fused-ring (bicyclic) bond motifs is 1. The largest absolute Gasteiger partial charge is 0.370 e. The van der Waals surface area contributed by atoms with Crippen molar-refractivity contribution in [3.05, 3.63) is 24.0 Å². The van der Waals surface area contributed by atoms with Gasteiger partial charge in [-0.25, -0.2) is 0 Å². The fraction of sp³-hybridized carbons (Fsp3) is 0.643. The number of rotatable bonds is 2. The van der Waals surface area contributed by atoms with Crippen molar-refractivity contribution in [3.8, 4) is 0 Å². The first kappa shape index (κ1) is 11.0. The molecule has 1 aromatic heterocycles. The normalized spacial score (nSPS) is 27.8. The lowest BCUT2D eigenvalue weighted by atomic mass is 10.0. The second-order valence-corrected chi connectivity index (χ2v) is 5.68. The maximum atomic E-state index is 4.56. The van der Waals surface area contributed by atoms with Crippen LogP contribution in [0.4, 0.5) is 5.69 Å². The third kappa shape index (κ3) is 2.04. The number of anilines is 1. The average molecular weight is 231 g/mol. The Morgan fingerprint density at radius 2 is 1.94 bits per heavy atom. The van der Waals surface area contributed by atoms with Crippen LogP contribution < -0.4 is 10.2 Å². The molecule has 2 aliphatic heterocycles. The molecule has 2 atom stereocenters. The van der Waals surface area contributed by atoms with Crippen LogP contribution in [-0.2, 0) is 0 Å². The van der Waals surface area contributed by atoms with E-state index >= 15 is 0 Å². The van der Waals surface area contributed by atoms with Crippen LogP contribution in [-0.4, -0.2) is 31.2 Å². The second-order valence-electron chi connectivity index (χ2n) is 5.68. The Morgan fingerprint density at radius 1 is 1.24 bits per heavy atom. The molecule has 92 valence electrons. The van der Waals surface area contributed by atoms with Crippen LogP contribution >= 0.6 is 0 Å². The zero-order chi connectivity index (χ0) is 11.8.